The fourth-order valence-electron chi connectivity index (χ4n) is 2.77. The molecule has 0 radical (unpaired) electrons. The molecule has 1 unspecified atom stereocenters. The number of carbonyl (C=O) groups is 1. The number of guanidine groups is 1. The summed E-state index contributed by atoms with van der Waals surface area (Å²) in [6, 6.07) is 7.32. The Morgan fingerprint density at radius 3 is 2.83 bits per heavy atom. The molecule has 8 nitrogen and oxygen atoms in total. The van der Waals surface area contributed by atoms with E-state index in [9.17, 15) is 4.79 Å². The SMILES string of the molecule is CN=C(NCCCOCC1CCOC1)NCCOc1cccc(NC(C)=O)c1.I. The standard InChI is InChI=1S/C20H32N4O4.HI/c1-16(25)24-18-5-3-6-19(13-18)28-12-9-23-20(21-2)22-8-4-10-26-14-17-7-11-27-15-17;/h3,5-6,13,17H,4,7-12,14-15H2,1-2H3,(H,24,25)(H2,21,22,23);1H. The second-order valence-corrected chi connectivity index (χ2v) is 6.64. The van der Waals surface area contributed by atoms with E-state index in [-0.39, 0.29) is 29.9 Å². The third kappa shape index (κ3) is 11.2. The first-order valence-electron chi connectivity index (χ1n) is 9.78. The predicted octanol–water partition coefficient (Wildman–Crippen LogP) is 2.25. The van der Waals surface area contributed by atoms with Gasteiger partial charge in [0.05, 0.1) is 19.8 Å². The van der Waals surface area contributed by atoms with Crippen molar-refractivity contribution in [3.63, 3.8) is 0 Å². The first-order valence-corrected chi connectivity index (χ1v) is 9.78. The van der Waals surface area contributed by atoms with E-state index in [4.69, 9.17) is 14.2 Å². The Morgan fingerprint density at radius 1 is 1.28 bits per heavy atom. The zero-order valence-corrected chi connectivity index (χ0v) is 19.6. The number of carbonyl (C=O) groups excluding carboxylic acids is 1. The summed E-state index contributed by atoms with van der Waals surface area (Å²) in [6.45, 7) is 6.57. The summed E-state index contributed by atoms with van der Waals surface area (Å²) < 4.78 is 16.7. The smallest absolute Gasteiger partial charge is 0.221 e. The lowest BCUT2D eigenvalue weighted by Crippen LogP contribution is -2.39. The molecule has 3 N–H and O–H groups in total. The van der Waals surface area contributed by atoms with E-state index in [0.717, 1.165) is 57.5 Å². The van der Waals surface area contributed by atoms with Crippen molar-refractivity contribution in [2.24, 2.45) is 10.9 Å². The van der Waals surface area contributed by atoms with E-state index in [1.807, 2.05) is 18.2 Å². The van der Waals surface area contributed by atoms with Crippen LogP contribution in [0.2, 0.25) is 0 Å². The molecule has 1 aromatic rings. The van der Waals surface area contributed by atoms with Crippen LogP contribution in [-0.2, 0) is 14.3 Å². The van der Waals surface area contributed by atoms with Crippen LogP contribution in [0.25, 0.3) is 0 Å². The minimum Gasteiger partial charge on any atom is -0.492 e. The van der Waals surface area contributed by atoms with E-state index in [1.165, 1.54) is 6.92 Å². The summed E-state index contributed by atoms with van der Waals surface area (Å²) in [5.41, 5.74) is 0.720. The van der Waals surface area contributed by atoms with Crippen molar-refractivity contribution in [2.75, 3.05) is 58.5 Å². The third-order valence-electron chi connectivity index (χ3n) is 4.18. The number of benzene rings is 1. The molecular formula is C20H33IN4O4. The number of hydrogen-bond donors (Lipinski definition) is 3. The first-order chi connectivity index (χ1) is 13.7. The van der Waals surface area contributed by atoms with Crippen molar-refractivity contribution in [1.82, 2.24) is 10.6 Å². The predicted molar refractivity (Wildman–Crippen MR) is 125 cm³/mol. The van der Waals surface area contributed by atoms with Gasteiger partial charge in [-0.25, -0.2) is 0 Å². The zero-order chi connectivity index (χ0) is 20.0. The van der Waals surface area contributed by atoms with Gasteiger partial charge in [0.25, 0.3) is 0 Å². The van der Waals surface area contributed by atoms with E-state index in [2.05, 4.69) is 20.9 Å². The molecule has 0 spiro atoms. The Kier molecular flexibility index (Phi) is 13.4. The highest BCUT2D eigenvalue weighted by molar-refractivity contribution is 14.0. The van der Waals surface area contributed by atoms with Gasteiger partial charge in [0, 0.05) is 51.4 Å². The molecule has 1 aromatic carbocycles. The highest BCUT2D eigenvalue weighted by atomic mass is 127. The fourth-order valence-corrected chi connectivity index (χ4v) is 2.77. The van der Waals surface area contributed by atoms with Crippen LogP contribution in [-0.4, -0.2) is 65.0 Å². The number of nitrogens with one attached hydrogen (secondary N) is 3. The van der Waals surface area contributed by atoms with E-state index >= 15 is 0 Å². The number of nitrogens with zero attached hydrogens (tertiary/aromatic N) is 1. The number of rotatable bonds is 11. The lowest BCUT2D eigenvalue weighted by atomic mass is 10.1. The number of halogens is 1. The van der Waals surface area contributed by atoms with Gasteiger partial charge in [-0.3, -0.25) is 9.79 Å². The molecule has 1 aliphatic rings. The monoisotopic (exact) mass is 520 g/mol. The molecule has 1 aliphatic heterocycles. The van der Waals surface area contributed by atoms with Gasteiger partial charge >= 0.3 is 0 Å². The second kappa shape index (κ2) is 15.3. The first kappa shape index (κ1) is 25.4. The normalized spacial score (nSPS) is 16.1. The number of ether oxygens (including phenoxy) is 3. The highest BCUT2D eigenvalue weighted by Gasteiger charge is 2.15. The molecule has 1 heterocycles. The van der Waals surface area contributed by atoms with Gasteiger partial charge in [-0.2, -0.15) is 0 Å². The molecule has 1 amide bonds. The van der Waals surface area contributed by atoms with E-state index in [0.29, 0.717) is 24.8 Å². The Bertz CT molecular complexity index is 624. The number of hydrogen-bond acceptors (Lipinski definition) is 5. The summed E-state index contributed by atoms with van der Waals surface area (Å²) in [6.07, 6.45) is 2.02. The minimum absolute atomic E-state index is 0. The molecule has 1 fully saturated rings. The van der Waals surface area contributed by atoms with Crippen LogP contribution < -0.4 is 20.7 Å². The van der Waals surface area contributed by atoms with Gasteiger partial charge < -0.3 is 30.2 Å². The molecule has 0 aliphatic carbocycles. The third-order valence-corrected chi connectivity index (χ3v) is 4.18. The lowest BCUT2D eigenvalue weighted by Gasteiger charge is -2.13. The summed E-state index contributed by atoms with van der Waals surface area (Å²) in [7, 11) is 1.74. The molecule has 0 saturated carbocycles. The molecule has 1 saturated heterocycles. The molecule has 164 valence electrons. The Morgan fingerprint density at radius 2 is 2.10 bits per heavy atom. The van der Waals surface area contributed by atoms with E-state index in [1.54, 1.807) is 13.1 Å². The van der Waals surface area contributed by atoms with Gasteiger partial charge in [0.15, 0.2) is 5.96 Å². The van der Waals surface area contributed by atoms with Crippen LogP contribution in [0.1, 0.15) is 19.8 Å². The van der Waals surface area contributed by atoms with Crippen LogP contribution in [0.5, 0.6) is 5.75 Å². The maximum atomic E-state index is 11.1. The highest BCUT2D eigenvalue weighted by Crippen LogP contribution is 2.17. The largest absolute Gasteiger partial charge is 0.492 e. The average molecular weight is 520 g/mol. The molecule has 0 aromatic heterocycles. The Labute approximate surface area is 190 Å². The van der Waals surface area contributed by atoms with E-state index < -0.39 is 0 Å². The van der Waals surface area contributed by atoms with Gasteiger partial charge in [-0.1, -0.05) is 6.07 Å². The van der Waals surface area contributed by atoms with Crippen LogP contribution in [0, 0.1) is 5.92 Å². The van der Waals surface area contributed by atoms with Crippen molar-refractivity contribution in [3.05, 3.63) is 24.3 Å². The summed E-state index contributed by atoms with van der Waals surface area (Å²) in [4.78, 5) is 15.3. The van der Waals surface area contributed by atoms with Crippen molar-refractivity contribution in [3.8, 4) is 5.75 Å². The minimum atomic E-state index is -0.105. The lowest BCUT2D eigenvalue weighted by molar-refractivity contribution is -0.114. The molecule has 0 bridgehead atoms. The number of aliphatic imine (C=N–C) groups is 1. The molecular weight excluding hydrogens is 487 g/mol. The van der Waals surface area contributed by atoms with Crippen LogP contribution in [0.15, 0.2) is 29.3 Å². The van der Waals surface area contributed by atoms with Gasteiger partial charge in [-0.15, -0.1) is 24.0 Å². The Hall–Kier alpha value is -1.59. The topological polar surface area (TPSA) is 93.2 Å². The Balaban J connectivity index is 0.00000420. The van der Waals surface area contributed by atoms with Crippen molar-refractivity contribution in [1.29, 1.82) is 0 Å². The van der Waals surface area contributed by atoms with Gasteiger partial charge in [0.1, 0.15) is 12.4 Å². The van der Waals surface area contributed by atoms with Crippen molar-refractivity contribution in [2.45, 2.75) is 19.8 Å². The second-order valence-electron chi connectivity index (χ2n) is 6.64. The van der Waals surface area contributed by atoms with Crippen LogP contribution in [0.4, 0.5) is 5.69 Å². The van der Waals surface area contributed by atoms with Crippen molar-refractivity contribution >= 4 is 41.5 Å². The number of anilines is 1. The summed E-state index contributed by atoms with van der Waals surface area (Å²) >= 11 is 0. The average Bonchev–Trinajstić information content (AvgIpc) is 3.19. The molecule has 2 rings (SSSR count). The van der Waals surface area contributed by atoms with Gasteiger partial charge in [-0.05, 0) is 25.0 Å². The van der Waals surface area contributed by atoms with Crippen LogP contribution in [0.3, 0.4) is 0 Å². The summed E-state index contributed by atoms with van der Waals surface area (Å²) in [5, 5.41) is 9.20. The quantitative estimate of drug-likeness (QED) is 0.180. The number of amides is 1. The molecule has 1 atom stereocenters. The van der Waals surface area contributed by atoms with Crippen molar-refractivity contribution < 1.29 is 19.0 Å². The fraction of sp³-hybridized carbons (Fsp3) is 0.600. The summed E-state index contributed by atoms with van der Waals surface area (Å²) in [5.74, 6) is 1.90. The molecule has 29 heavy (non-hydrogen) atoms. The van der Waals surface area contributed by atoms with Crippen LogP contribution >= 0.6 is 24.0 Å². The maximum absolute atomic E-state index is 11.1. The van der Waals surface area contributed by atoms with Gasteiger partial charge in [0.2, 0.25) is 5.91 Å². The maximum Gasteiger partial charge on any atom is 0.221 e. The molecule has 9 heteroatoms. The zero-order valence-electron chi connectivity index (χ0n) is 17.2.